The number of hydrogen-bond acceptors (Lipinski definition) is 3. The van der Waals surface area contributed by atoms with Crippen LogP contribution in [-0.4, -0.2) is 26.1 Å². The highest BCUT2D eigenvalue weighted by Gasteiger charge is 2.28. The molecule has 1 saturated heterocycles. The zero-order valence-corrected chi connectivity index (χ0v) is 18.3. The minimum Gasteiger partial charge on any atom is -0.494 e. The van der Waals surface area contributed by atoms with Crippen molar-refractivity contribution in [1.82, 2.24) is 0 Å². The van der Waals surface area contributed by atoms with Crippen molar-refractivity contribution in [2.45, 2.75) is 64.6 Å². The van der Waals surface area contributed by atoms with Gasteiger partial charge in [-0.05, 0) is 43.4 Å². The number of hydrogen-bond donors (Lipinski definition) is 0. The van der Waals surface area contributed by atoms with E-state index in [0.29, 0.717) is 31.8 Å². The quantitative estimate of drug-likeness (QED) is 0.376. The molecule has 170 valence electrons. The average Bonchev–Trinajstić information content (AvgIpc) is 2.78. The zero-order valence-electron chi connectivity index (χ0n) is 18.3. The van der Waals surface area contributed by atoms with E-state index in [9.17, 15) is 13.2 Å². The van der Waals surface area contributed by atoms with Crippen molar-refractivity contribution in [1.29, 1.82) is 0 Å². The van der Waals surface area contributed by atoms with Crippen LogP contribution < -0.4 is 4.74 Å². The fourth-order valence-corrected chi connectivity index (χ4v) is 3.78. The molecular weight excluding hydrogens is 405 g/mol. The fourth-order valence-electron chi connectivity index (χ4n) is 3.78. The Morgan fingerprint density at radius 3 is 2.39 bits per heavy atom. The molecule has 2 unspecified atom stereocenters. The van der Waals surface area contributed by atoms with E-state index in [1.54, 1.807) is 6.07 Å². The van der Waals surface area contributed by atoms with Crippen molar-refractivity contribution in [3.8, 4) is 16.9 Å². The van der Waals surface area contributed by atoms with Crippen LogP contribution in [0.3, 0.4) is 0 Å². The molecule has 0 radical (unpaired) electrons. The van der Waals surface area contributed by atoms with Crippen LogP contribution in [-0.2, 0) is 9.47 Å². The molecule has 1 heterocycles. The van der Waals surface area contributed by atoms with Crippen molar-refractivity contribution in [2.75, 3.05) is 19.8 Å². The molecule has 0 aliphatic carbocycles. The molecule has 1 aliphatic heterocycles. The molecule has 31 heavy (non-hydrogen) atoms. The second-order valence-corrected chi connectivity index (χ2v) is 7.94. The lowest BCUT2D eigenvalue weighted by molar-refractivity contribution is -0.168. The monoisotopic (exact) mass is 436 g/mol. The van der Waals surface area contributed by atoms with Gasteiger partial charge >= 0.3 is 0 Å². The van der Waals surface area contributed by atoms with Gasteiger partial charge < -0.3 is 14.2 Å². The molecular formula is C25H31F3O3. The van der Waals surface area contributed by atoms with Gasteiger partial charge in [0.15, 0.2) is 17.9 Å². The van der Waals surface area contributed by atoms with E-state index in [1.807, 2.05) is 6.92 Å². The van der Waals surface area contributed by atoms with Gasteiger partial charge in [-0.1, -0.05) is 38.8 Å². The van der Waals surface area contributed by atoms with Crippen LogP contribution in [0.4, 0.5) is 13.2 Å². The first kappa shape index (κ1) is 23.6. The van der Waals surface area contributed by atoms with Crippen molar-refractivity contribution in [3.63, 3.8) is 0 Å². The summed E-state index contributed by atoms with van der Waals surface area (Å²) < 4.78 is 61.1. The van der Waals surface area contributed by atoms with Crippen LogP contribution in [0, 0.1) is 17.5 Å². The van der Waals surface area contributed by atoms with Gasteiger partial charge in [0, 0.05) is 29.7 Å². The summed E-state index contributed by atoms with van der Waals surface area (Å²) in [4.78, 5) is 0. The number of halogens is 3. The molecule has 0 saturated carbocycles. The molecule has 3 nitrogen and oxygen atoms in total. The first-order chi connectivity index (χ1) is 15.0. The molecule has 1 fully saturated rings. The largest absolute Gasteiger partial charge is 0.494 e. The van der Waals surface area contributed by atoms with Crippen LogP contribution in [0.2, 0.25) is 0 Å². The van der Waals surface area contributed by atoms with E-state index in [0.717, 1.165) is 25.7 Å². The van der Waals surface area contributed by atoms with Gasteiger partial charge in [-0.25, -0.2) is 13.2 Å². The summed E-state index contributed by atoms with van der Waals surface area (Å²) in [5.74, 6) is -2.53. The minimum atomic E-state index is -1.04. The molecule has 1 aliphatic rings. The Bertz CT molecular complexity index is 848. The molecule has 0 amide bonds. The Morgan fingerprint density at radius 2 is 1.71 bits per heavy atom. The Kier molecular flexibility index (Phi) is 8.79. The number of benzene rings is 2. The van der Waals surface area contributed by atoms with Crippen LogP contribution in [0.15, 0.2) is 30.3 Å². The summed E-state index contributed by atoms with van der Waals surface area (Å²) in [6, 6.07) is 7.15. The third-order valence-corrected chi connectivity index (χ3v) is 5.54. The maximum atomic E-state index is 14.9. The minimum absolute atomic E-state index is 0.00670. The van der Waals surface area contributed by atoms with Gasteiger partial charge in [0.1, 0.15) is 11.6 Å². The van der Waals surface area contributed by atoms with E-state index >= 15 is 0 Å². The molecule has 2 aromatic carbocycles. The first-order valence-electron chi connectivity index (χ1n) is 11.2. The molecule has 0 bridgehead atoms. The maximum Gasteiger partial charge on any atom is 0.167 e. The molecule has 3 rings (SSSR count). The number of rotatable bonds is 10. The van der Waals surface area contributed by atoms with Crippen molar-refractivity contribution in [2.24, 2.45) is 0 Å². The lowest BCUT2D eigenvalue weighted by Gasteiger charge is -2.29. The van der Waals surface area contributed by atoms with Gasteiger partial charge in [0.05, 0.1) is 13.2 Å². The Hall–Kier alpha value is -2.05. The van der Waals surface area contributed by atoms with Crippen molar-refractivity contribution < 1.29 is 27.4 Å². The van der Waals surface area contributed by atoms with Gasteiger partial charge in [-0.15, -0.1) is 0 Å². The van der Waals surface area contributed by atoms with Crippen LogP contribution in [0.25, 0.3) is 11.1 Å². The smallest absolute Gasteiger partial charge is 0.167 e. The SMILES string of the molecule is CCCCCOC1CCC(c2ccc(-c3ccc(OCCC)cc3F)c(F)c2F)CO1. The van der Waals surface area contributed by atoms with E-state index in [1.165, 1.54) is 24.3 Å². The van der Waals surface area contributed by atoms with Crippen LogP contribution >= 0.6 is 0 Å². The Morgan fingerprint density at radius 1 is 0.903 bits per heavy atom. The van der Waals surface area contributed by atoms with Crippen LogP contribution in [0.1, 0.15) is 63.9 Å². The second-order valence-electron chi connectivity index (χ2n) is 7.94. The van der Waals surface area contributed by atoms with E-state index < -0.39 is 17.5 Å². The van der Waals surface area contributed by atoms with Crippen molar-refractivity contribution >= 4 is 0 Å². The standard InChI is InChI=1S/C25H31F3O3/c1-3-5-6-14-30-23-12-7-17(16-31-23)19-10-11-21(25(28)24(19)27)20-9-8-18(15-22(20)26)29-13-4-2/h8-11,15,17,23H,3-7,12-14,16H2,1-2H3. The summed E-state index contributed by atoms with van der Waals surface area (Å²) in [7, 11) is 0. The predicted octanol–water partition coefficient (Wildman–Crippen LogP) is 6.99. The molecule has 0 N–H and O–H groups in total. The average molecular weight is 437 g/mol. The van der Waals surface area contributed by atoms with E-state index in [2.05, 4.69) is 6.92 Å². The number of ether oxygens (including phenoxy) is 3. The molecule has 6 heteroatoms. The third-order valence-electron chi connectivity index (χ3n) is 5.54. The third kappa shape index (κ3) is 6.01. The van der Waals surface area contributed by atoms with E-state index in [-0.39, 0.29) is 35.5 Å². The van der Waals surface area contributed by atoms with Gasteiger partial charge in [-0.3, -0.25) is 0 Å². The lowest BCUT2D eigenvalue weighted by Crippen LogP contribution is -2.28. The Labute approximate surface area is 182 Å². The summed E-state index contributed by atoms with van der Waals surface area (Å²) in [5, 5.41) is 0. The normalized spacial score (nSPS) is 18.9. The molecule has 0 spiro atoms. The highest BCUT2D eigenvalue weighted by molar-refractivity contribution is 5.66. The summed E-state index contributed by atoms with van der Waals surface area (Å²) in [6.07, 6.45) is 5.01. The topological polar surface area (TPSA) is 27.7 Å². The number of unbranched alkanes of at least 4 members (excludes halogenated alkanes) is 2. The van der Waals surface area contributed by atoms with Gasteiger partial charge in [0.25, 0.3) is 0 Å². The Balaban J connectivity index is 1.67. The molecule has 0 aromatic heterocycles. The van der Waals surface area contributed by atoms with Crippen LogP contribution in [0.5, 0.6) is 5.75 Å². The summed E-state index contributed by atoms with van der Waals surface area (Å²) in [6.45, 7) is 5.46. The molecule has 2 atom stereocenters. The highest BCUT2D eigenvalue weighted by Crippen LogP contribution is 2.35. The zero-order chi connectivity index (χ0) is 22.2. The second kappa shape index (κ2) is 11.5. The highest BCUT2D eigenvalue weighted by atomic mass is 19.2. The summed E-state index contributed by atoms with van der Waals surface area (Å²) >= 11 is 0. The molecule has 2 aromatic rings. The first-order valence-corrected chi connectivity index (χ1v) is 11.2. The van der Waals surface area contributed by atoms with Crippen molar-refractivity contribution in [3.05, 3.63) is 53.3 Å². The maximum absolute atomic E-state index is 14.9. The van der Waals surface area contributed by atoms with E-state index in [4.69, 9.17) is 14.2 Å². The van der Waals surface area contributed by atoms with Gasteiger partial charge in [-0.2, -0.15) is 0 Å². The lowest BCUT2D eigenvalue weighted by atomic mass is 9.90. The van der Waals surface area contributed by atoms with Gasteiger partial charge in [0.2, 0.25) is 0 Å². The fraction of sp³-hybridized carbons (Fsp3) is 0.520. The summed E-state index contributed by atoms with van der Waals surface area (Å²) in [5.41, 5.74) is 0.163. The predicted molar refractivity (Wildman–Crippen MR) is 115 cm³/mol.